The summed E-state index contributed by atoms with van der Waals surface area (Å²) >= 11 is 0. The van der Waals surface area contributed by atoms with Gasteiger partial charge in [-0.15, -0.1) is 0 Å². The second kappa shape index (κ2) is 8.22. The molecule has 0 aromatic heterocycles. The standard InChI is InChI=1S/C24H30O4/c25-22(16-5-1-2-6-16)10-9-20-21-13-15(12-18(21)14-23(20)26)11-17-7-3-4-8-19(17)24(27)28/h3-4,7-10,12,16,18,20-23,25-26H,1-2,5-6,11,13-14H2,(H,27,28)/t18-,20-,21-,22+,23+/m0/s1. The minimum atomic E-state index is -0.883. The molecular formula is C24H30O4. The van der Waals surface area contributed by atoms with Gasteiger partial charge >= 0.3 is 5.97 Å². The van der Waals surface area contributed by atoms with Gasteiger partial charge in [-0.05, 0) is 61.5 Å². The number of benzene rings is 1. The minimum absolute atomic E-state index is 0.0736. The first-order valence-corrected chi connectivity index (χ1v) is 10.6. The van der Waals surface area contributed by atoms with Gasteiger partial charge in [0, 0.05) is 5.92 Å². The average molecular weight is 383 g/mol. The molecule has 2 fully saturated rings. The van der Waals surface area contributed by atoms with Crippen LogP contribution in [-0.2, 0) is 6.42 Å². The molecule has 0 saturated heterocycles. The SMILES string of the molecule is O=C(O)c1ccccc1CC1=C[C@H]2C[C@@H](O)[C@@H](C=C[C@@H](O)C3CCCC3)[C@H]2C1. The molecule has 3 N–H and O–H groups in total. The number of carboxylic acids is 1. The topological polar surface area (TPSA) is 77.8 Å². The van der Waals surface area contributed by atoms with E-state index in [1.54, 1.807) is 12.1 Å². The fourth-order valence-corrected chi connectivity index (χ4v) is 5.56. The molecule has 2 saturated carbocycles. The lowest BCUT2D eigenvalue weighted by molar-refractivity contribution is 0.0696. The molecule has 3 aliphatic rings. The van der Waals surface area contributed by atoms with Crippen molar-refractivity contribution in [3.63, 3.8) is 0 Å². The van der Waals surface area contributed by atoms with E-state index in [4.69, 9.17) is 0 Å². The number of allylic oxidation sites excluding steroid dienone is 2. The normalized spacial score (nSPS) is 31.3. The number of hydrogen-bond acceptors (Lipinski definition) is 3. The largest absolute Gasteiger partial charge is 0.478 e. The first-order valence-electron chi connectivity index (χ1n) is 10.6. The van der Waals surface area contributed by atoms with Gasteiger partial charge in [0.15, 0.2) is 0 Å². The zero-order chi connectivity index (χ0) is 19.7. The predicted octanol–water partition coefficient (Wildman–Crippen LogP) is 3.98. The third-order valence-corrected chi connectivity index (χ3v) is 7.03. The second-order valence-electron chi connectivity index (χ2n) is 8.80. The van der Waals surface area contributed by atoms with Gasteiger partial charge in [0.25, 0.3) is 0 Å². The molecule has 0 spiro atoms. The van der Waals surface area contributed by atoms with Crippen LogP contribution in [0.3, 0.4) is 0 Å². The Kier molecular flexibility index (Phi) is 5.70. The minimum Gasteiger partial charge on any atom is -0.478 e. The zero-order valence-corrected chi connectivity index (χ0v) is 16.2. The van der Waals surface area contributed by atoms with Crippen LogP contribution in [0.1, 0.15) is 54.4 Å². The highest BCUT2D eigenvalue weighted by atomic mass is 16.4. The van der Waals surface area contributed by atoms with Crippen LogP contribution in [0.15, 0.2) is 48.1 Å². The number of carboxylic acid groups (broad SMARTS) is 1. The summed E-state index contributed by atoms with van der Waals surface area (Å²) in [6.07, 6.45) is 12.4. The number of aromatic carboxylic acids is 1. The van der Waals surface area contributed by atoms with Crippen LogP contribution in [0.2, 0.25) is 0 Å². The van der Waals surface area contributed by atoms with Crippen LogP contribution in [0.25, 0.3) is 0 Å². The molecule has 3 aliphatic carbocycles. The van der Waals surface area contributed by atoms with E-state index in [1.165, 1.54) is 18.4 Å². The van der Waals surface area contributed by atoms with Gasteiger partial charge in [0.05, 0.1) is 17.8 Å². The van der Waals surface area contributed by atoms with Crippen LogP contribution in [0.5, 0.6) is 0 Å². The van der Waals surface area contributed by atoms with Crippen molar-refractivity contribution < 1.29 is 20.1 Å². The molecule has 0 heterocycles. The maximum atomic E-state index is 11.5. The Labute approximate surface area is 166 Å². The summed E-state index contributed by atoms with van der Waals surface area (Å²) in [4.78, 5) is 11.5. The predicted molar refractivity (Wildman–Crippen MR) is 108 cm³/mol. The molecule has 0 unspecified atom stereocenters. The monoisotopic (exact) mass is 382 g/mol. The maximum absolute atomic E-state index is 11.5. The van der Waals surface area contributed by atoms with Crippen molar-refractivity contribution >= 4 is 5.97 Å². The molecule has 5 atom stereocenters. The summed E-state index contributed by atoms with van der Waals surface area (Å²) in [5.41, 5.74) is 2.49. The summed E-state index contributed by atoms with van der Waals surface area (Å²) in [6.45, 7) is 0. The molecule has 0 amide bonds. The van der Waals surface area contributed by atoms with Gasteiger partial charge < -0.3 is 15.3 Å². The third kappa shape index (κ3) is 3.94. The molecule has 0 aliphatic heterocycles. The van der Waals surface area contributed by atoms with Gasteiger partial charge in [0.2, 0.25) is 0 Å². The zero-order valence-electron chi connectivity index (χ0n) is 16.2. The number of carbonyl (C=O) groups is 1. The Morgan fingerprint density at radius 1 is 1.21 bits per heavy atom. The van der Waals surface area contributed by atoms with Crippen LogP contribution in [0, 0.1) is 23.7 Å². The number of fused-ring (bicyclic) bond motifs is 1. The van der Waals surface area contributed by atoms with E-state index in [9.17, 15) is 20.1 Å². The summed E-state index contributed by atoms with van der Waals surface area (Å²) in [5, 5.41) is 30.4. The van der Waals surface area contributed by atoms with E-state index in [0.717, 1.165) is 31.2 Å². The van der Waals surface area contributed by atoms with E-state index in [0.29, 0.717) is 29.7 Å². The van der Waals surface area contributed by atoms with Gasteiger partial charge in [-0.2, -0.15) is 0 Å². The van der Waals surface area contributed by atoms with Crippen molar-refractivity contribution in [2.24, 2.45) is 23.7 Å². The molecule has 28 heavy (non-hydrogen) atoms. The summed E-state index contributed by atoms with van der Waals surface area (Å²) in [6, 6.07) is 7.20. The Bertz CT molecular complexity index is 775. The molecule has 150 valence electrons. The Balaban J connectivity index is 1.42. The lowest BCUT2D eigenvalue weighted by Crippen LogP contribution is -2.20. The molecule has 0 bridgehead atoms. The molecule has 4 heteroatoms. The van der Waals surface area contributed by atoms with Crippen LogP contribution in [-0.4, -0.2) is 33.5 Å². The van der Waals surface area contributed by atoms with Crippen LogP contribution < -0.4 is 0 Å². The first-order chi connectivity index (χ1) is 13.5. The van der Waals surface area contributed by atoms with Crippen molar-refractivity contribution in [3.05, 3.63) is 59.2 Å². The molecule has 4 rings (SSSR count). The first kappa shape index (κ1) is 19.4. The number of hydrogen-bond donors (Lipinski definition) is 3. The highest BCUT2D eigenvalue weighted by Crippen LogP contribution is 2.48. The third-order valence-electron chi connectivity index (χ3n) is 7.03. The molecule has 1 aromatic carbocycles. The average Bonchev–Trinajstić information content (AvgIpc) is 3.37. The highest BCUT2D eigenvalue weighted by molar-refractivity contribution is 5.89. The lowest BCUT2D eigenvalue weighted by atomic mass is 9.87. The van der Waals surface area contributed by atoms with E-state index in [1.807, 2.05) is 18.2 Å². The summed E-state index contributed by atoms with van der Waals surface area (Å²) in [5.74, 6) is 0.265. The van der Waals surface area contributed by atoms with Crippen molar-refractivity contribution in [3.8, 4) is 0 Å². The van der Waals surface area contributed by atoms with Gasteiger partial charge in [-0.3, -0.25) is 0 Å². The Morgan fingerprint density at radius 2 is 1.96 bits per heavy atom. The highest BCUT2D eigenvalue weighted by Gasteiger charge is 2.43. The van der Waals surface area contributed by atoms with Crippen LogP contribution in [0.4, 0.5) is 0 Å². The van der Waals surface area contributed by atoms with E-state index < -0.39 is 12.1 Å². The van der Waals surface area contributed by atoms with E-state index >= 15 is 0 Å². The van der Waals surface area contributed by atoms with Crippen LogP contribution >= 0.6 is 0 Å². The molecule has 0 radical (unpaired) electrons. The van der Waals surface area contributed by atoms with Crippen molar-refractivity contribution in [2.75, 3.05) is 0 Å². The summed E-state index contributed by atoms with van der Waals surface area (Å²) < 4.78 is 0. The van der Waals surface area contributed by atoms with Gasteiger partial charge in [0.1, 0.15) is 0 Å². The van der Waals surface area contributed by atoms with Gasteiger partial charge in [-0.25, -0.2) is 4.79 Å². The number of aliphatic hydroxyl groups is 2. The van der Waals surface area contributed by atoms with Crippen molar-refractivity contribution in [1.29, 1.82) is 0 Å². The van der Waals surface area contributed by atoms with Gasteiger partial charge in [-0.1, -0.05) is 54.8 Å². The fraction of sp³-hybridized carbons (Fsp3) is 0.542. The lowest BCUT2D eigenvalue weighted by Gasteiger charge is -2.20. The Morgan fingerprint density at radius 3 is 2.71 bits per heavy atom. The summed E-state index contributed by atoms with van der Waals surface area (Å²) in [7, 11) is 0. The molecule has 1 aromatic rings. The Hall–Kier alpha value is -1.91. The molecular weight excluding hydrogens is 352 g/mol. The quantitative estimate of drug-likeness (QED) is 0.651. The van der Waals surface area contributed by atoms with Crippen molar-refractivity contribution in [2.45, 2.75) is 57.2 Å². The molecule has 4 nitrogen and oxygen atoms in total. The fourth-order valence-electron chi connectivity index (χ4n) is 5.56. The number of aliphatic hydroxyl groups excluding tert-OH is 2. The maximum Gasteiger partial charge on any atom is 0.335 e. The smallest absolute Gasteiger partial charge is 0.335 e. The van der Waals surface area contributed by atoms with Crippen molar-refractivity contribution in [1.82, 2.24) is 0 Å². The van der Waals surface area contributed by atoms with E-state index in [-0.39, 0.29) is 12.0 Å². The second-order valence-corrected chi connectivity index (χ2v) is 8.80. The number of rotatable bonds is 6. The van der Waals surface area contributed by atoms with E-state index in [2.05, 4.69) is 12.2 Å².